The van der Waals surface area contributed by atoms with Crippen molar-refractivity contribution in [1.82, 2.24) is 4.90 Å². The molecule has 6 heteroatoms. The Hall–Kier alpha value is -1.66. The van der Waals surface area contributed by atoms with Crippen LogP contribution in [0, 0.1) is 10.1 Å². The van der Waals surface area contributed by atoms with Crippen molar-refractivity contribution in [2.75, 3.05) is 26.2 Å². The van der Waals surface area contributed by atoms with E-state index in [-0.39, 0.29) is 12.3 Å². The Balaban J connectivity index is 2.40. The van der Waals surface area contributed by atoms with Crippen molar-refractivity contribution in [3.8, 4) is 5.75 Å². The Labute approximate surface area is 125 Å². The number of nitro groups is 1. The second-order valence-corrected chi connectivity index (χ2v) is 5.02. The van der Waals surface area contributed by atoms with Crippen molar-refractivity contribution in [3.05, 3.63) is 34.4 Å². The zero-order valence-electron chi connectivity index (χ0n) is 12.7. The largest absolute Gasteiger partial charge is 0.491 e. The van der Waals surface area contributed by atoms with Crippen LogP contribution in [0.15, 0.2) is 24.3 Å². The molecule has 0 spiro atoms. The molecule has 1 atom stereocenters. The molecule has 0 aliphatic carbocycles. The third kappa shape index (κ3) is 6.55. The molecule has 0 bridgehead atoms. The van der Waals surface area contributed by atoms with Crippen molar-refractivity contribution < 1.29 is 14.8 Å². The minimum absolute atomic E-state index is 0.0277. The number of rotatable bonds is 10. The van der Waals surface area contributed by atoms with Crippen LogP contribution in [0.4, 0.5) is 5.69 Å². The van der Waals surface area contributed by atoms with Gasteiger partial charge in [-0.05, 0) is 38.1 Å². The minimum Gasteiger partial charge on any atom is -0.491 e. The number of benzene rings is 1. The fourth-order valence-electron chi connectivity index (χ4n) is 2.13. The van der Waals surface area contributed by atoms with Crippen LogP contribution < -0.4 is 4.74 Å². The van der Waals surface area contributed by atoms with E-state index in [0.29, 0.717) is 12.3 Å². The average molecular weight is 296 g/mol. The first-order valence-corrected chi connectivity index (χ1v) is 7.34. The van der Waals surface area contributed by atoms with Crippen molar-refractivity contribution in [3.63, 3.8) is 0 Å². The lowest BCUT2D eigenvalue weighted by Gasteiger charge is -2.24. The van der Waals surface area contributed by atoms with E-state index < -0.39 is 11.0 Å². The summed E-state index contributed by atoms with van der Waals surface area (Å²) >= 11 is 0. The number of hydrogen-bond donors (Lipinski definition) is 1. The standard InChI is InChI=1S/C15H24N2O4/c1-3-9-16(10-4-2)11-14(18)12-21-15-7-5-13(6-8-15)17(19)20/h5-8,14,18H,3-4,9-12H2,1-2H3/t14-/m1/s1. The third-order valence-electron chi connectivity index (χ3n) is 3.04. The molecule has 1 N–H and O–H groups in total. The van der Waals surface area contributed by atoms with E-state index in [2.05, 4.69) is 18.7 Å². The van der Waals surface area contributed by atoms with E-state index in [1.165, 1.54) is 12.1 Å². The van der Waals surface area contributed by atoms with Crippen LogP contribution in [0.25, 0.3) is 0 Å². The summed E-state index contributed by atoms with van der Waals surface area (Å²) in [5.74, 6) is 0.525. The van der Waals surface area contributed by atoms with E-state index >= 15 is 0 Å². The lowest BCUT2D eigenvalue weighted by molar-refractivity contribution is -0.384. The highest BCUT2D eigenvalue weighted by Gasteiger charge is 2.12. The monoisotopic (exact) mass is 296 g/mol. The van der Waals surface area contributed by atoms with Gasteiger partial charge in [-0.3, -0.25) is 10.1 Å². The van der Waals surface area contributed by atoms with Crippen LogP contribution in [-0.4, -0.2) is 47.3 Å². The van der Waals surface area contributed by atoms with Gasteiger partial charge < -0.3 is 14.7 Å². The molecular formula is C15H24N2O4. The van der Waals surface area contributed by atoms with Gasteiger partial charge in [0, 0.05) is 18.7 Å². The van der Waals surface area contributed by atoms with Crippen molar-refractivity contribution >= 4 is 5.69 Å². The van der Waals surface area contributed by atoms with Crippen molar-refractivity contribution in [2.45, 2.75) is 32.8 Å². The molecule has 0 saturated carbocycles. The van der Waals surface area contributed by atoms with E-state index in [4.69, 9.17) is 4.74 Å². The lowest BCUT2D eigenvalue weighted by atomic mass is 10.3. The number of nitrogens with zero attached hydrogens (tertiary/aromatic N) is 2. The molecule has 118 valence electrons. The molecule has 0 aliphatic rings. The van der Waals surface area contributed by atoms with Crippen molar-refractivity contribution in [1.29, 1.82) is 0 Å². The van der Waals surface area contributed by atoms with Gasteiger partial charge in [-0.15, -0.1) is 0 Å². The van der Waals surface area contributed by atoms with Gasteiger partial charge in [-0.2, -0.15) is 0 Å². The Morgan fingerprint density at radius 2 is 1.81 bits per heavy atom. The Kier molecular flexibility index (Phi) is 7.71. The third-order valence-corrected chi connectivity index (χ3v) is 3.04. The van der Waals surface area contributed by atoms with Gasteiger partial charge in [0.15, 0.2) is 0 Å². The molecule has 0 unspecified atom stereocenters. The van der Waals surface area contributed by atoms with Crippen LogP contribution in [-0.2, 0) is 0 Å². The van der Waals surface area contributed by atoms with Crippen LogP contribution in [0.2, 0.25) is 0 Å². The summed E-state index contributed by atoms with van der Waals surface area (Å²) in [5, 5.41) is 20.5. The first-order chi connectivity index (χ1) is 10.1. The molecule has 21 heavy (non-hydrogen) atoms. The number of nitro benzene ring substituents is 1. The maximum atomic E-state index is 10.5. The van der Waals surface area contributed by atoms with Crippen molar-refractivity contribution in [2.24, 2.45) is 0 Å². The SMILES string of the molecule is CCCN(CCC)C[C@@H](O)COc1ccc([N+](=O)[O-])cc1. The maximum absolute atomic E-state index is 10.5. The van der Waals surface area contributed by atoms with Gasteiger partial charge >= 0.3 is 0 Å². The smallest absolute Gasteiger partial charge is 0.269 e. The fraction of sp³-hybridized carbons (Fsp3) is 0.600. The number of aliphatic hydroxyl groups excluding tert-OH is 1. The molecule has 1 aromatic carbocycles. The maximum Gasteiger partial charge on any atom is 0.269 e. The van der Waals surface area contributed by atoms with E-state index in [1.807, 2.05) is 0 Å². The molecule has 0 amide bonds. The van der Waals surface area contributed by atoms with Crippen LogP contribution >= 0.6 is 0 Å². The quantitative estimate of drug-likeness (QED) is 0.530. The minimum atomic E-state index is -0.571. The fourth-order valence-corrected chi connectivity index (χ4v) is 2.13. The molecule has 0 aliphatic heterocycles. The summed E-state index contributed by atoms with van der Waals surface area (Å²) in [6.07, 6.45) is 1.53. The van der Waals surface area contributed by atoms with E-state index in [0.717, 1.165) is 25.9 Å². The molecule has 0 heterocycles. The number of aliphatic hydroxyl groups is 1. The number of hydrogen-bond acceptors (Lipinski definition) is 5. The summed E-state index contributed by atoms with van der Waals surface area (Å²) in [5.41, 5.74) is 0.0277. The summed E-state index contributed by atoms with van der Waals surface area (Å²) in [4.78, 5) is 12.3. The van der Waals surface area contributed by atoms with E-state index in [1.54, 1.807) is 12.1 Å². The molecular weight excluding hydrogens is 272 g/mol. The van der Waals surface area contributed by atoms with Crippen LogP contribution in [0.5, 0.6) is 5.75 Å². The van der Waals surface area contributed by atoms with Gasteiger partial charge in [-0.1, -0.05) is 13.8 Å². The Bertz CT molecular complexity index is 416. The molecule has 0 fully saturated rings. The Morgan fingerprint density at radius 1 is 1.24 bits per heavy atom. The first-order valence-electron chi connectivity index (χ1n) is 7.34. The average Bonchev–Trinajstić information content (AvgIpc) is 2.46. The lowest BCUT2D eigenvalue weighted by Crippen LogP contribution is -2.36. The Morgan fingerprint density at radius 3 is 2.29 bits per heavy atom. The topological polar surface area (TPSA) is 75.8 Å². The molecule has 0 radical (unpaired) electrons. The van der Waals surface area contributed by atoms with E-state index in [9.17, 15) is 15.2 Å². The molecule has 1 rings (SSSR count). The zero-order chi connectivity index (χ0) is 15.7. The van der Waals surface area contributed by atoms with Gasteiger partial charge in [0.1, 0.15) is 18.5 Å². The highest BCUT2D eigenvalue weighted by molar-refractivity contribution is 5.35. The zero-order valence-corrected chi connectivity index (χ0v) is 12.7. The highest BCUT2D eigenvalue weighted by atomic mass is 16.6. The highest BCUT2D eigenvalue weighted by Crippen LogP contribution is 2.17. The van der Waals surface area contributed by atoms with Gasteiger partial charge in [0.25, 0.3) is 5.69 Å². The summed E-state index contributed by atoms with van der Waals surface area (Å²) < 4.78 is 5.46. The van der Waals surface area contributed by atoms with Crippen LogP contribution in [0.3, 0.4) is 0 Å². The second-order valence-electron chi connectivity index (χ2n) is 5.02. The summed E-state index contributed by atoms with van der Waals surface area (Å²) in [6, 6.07) is 5.87. The molecule has 0 saturated heterocycles. The number of ether oxygens (including phenoxy) is 1. The molecule has 6 nitrogen and oxygen atoms in total. The summed E-state index contributed by atoms with van der Waals surface area (Å²) in [7, 11) is 0. The van der Waals surface area contributed by atoms with Gasteiger partial charge in [0.05, 0.1) is 4.92 Å². The predicted octanol–water partition coefficient (Wildman–Crippen LogP) is 2.46. The van der Waals surface area contributed by atoms with Gasteiger partial charge in [-0.25, -0.2) is 0 Å². The number of non-ortho nitro benzene ring substituents is 1. The second kappa shape index (κ2) is 9.31. The normalized spacial score (nSPS) is 12.4. The molecule has 1 aromatic rings. The van der Waals surface area contributed by atoms with Gasteiger partial charge in [0.2, 0.25) is 0 Å². The summed E-state index contributed by atoms with van der Waals surface area (Å²) in [6.45, 7) is 6.91. The molecule has 0 aromatic heterocycles. The first kappa shape index (κ1) is 17.4. The predicted molar refractivity (Wildman–Crippen MR) is 81.6 cm³/mol. The van der Waals surface area contributed by atoms with Crippen LogP contribution in [0.1, 0.15) is 26.7 Å².